The number of halogens is 1. The van der Waals surface area contributed by atoms with Crippen molar-refractivity contribution in [3.8, 4) is 27.7 Å². The summed E-state index contributed by atoms with van der Waals surface area (Å²) in [6, 6.07) is 25.1. The van der Waals surface area contributed by atoms with Crippen LogP contribution in [0.2, 0.25) is 0 Å². The molecule has 3 N–H and O–H groups in total. The molecule has 10 nitrogen and oxygen atoms in total. The Morgan fingerprint density at radius 2 is 1.59 bits per heavy atom. The molecular formula is C32H29BrN2O8S. The Bertz CT molecular complexity index is 1610. The molecule has 1 fully saturated rings. The van der Waals surface area contributed by atoms with Crippen LogP contribution >= 0.6 is 27.3 Å². The van der Waals surface area contributed by atoms with Crippen molar-refractivity contribution in [2.75, 3.05) is 24.8 Å². The zero-order valence-corrected chi connectivity index (χ0v) is 25.8. The summed E-state index contributed by atoms with van der Waals surface area (Å²) in [5.41, 5.74) is 1.15. The van der Waals surface area contributed by atoms with Gasteiger partial charge in [0.15, 0.2) is 29.1 Å². The summed E-state index contributed by atoms with van der Waals surface area (Å²) < 4.78 is 12.1. The van der Waals surface area contributed by atoms with Crippen LogP contribution in [-0.4, -0.2) is 53.9 Å². The van der Waals surface area contributed by atoms with Crippen LogP contribution in [-0.2, 0) is 9.59 Å². The van der Waals surface area contributed by atoms with Crippen molar-refractivity contribution in [3.05, 3.63) is 94.3 Å². The molecule has 1 saturated heterocycles. The molecule has 1 unspecified atom stereocenters. The fraction of sp³-hybridized carbons (Fsp3) is 0.219. The predicted molar refractivity (Wildman–Crippen MR) is 169 cm³/mol. The van der Waals surface area contributed by atoms with E-state index < -0.39 is 24.6 Å². The van der Waals surface area contributed by atoms with Gasteiger partial charge < -0.3 is 29.8 Å². The number of rotatable bonds is 12. The van der Waals surface area contributed by atoms with E-state index in [0.29, 0.717) is 44.9 Å². The largest absolute Gasteiger partial charge is 0.480 e. The Morgan fingerprint density at radius 1 is 0.932 bits per heavy atom. The van der Waals surface area contributed by atoms with Gasteiger partial charge in [0.25, 0.3) is 0 Å². The average Bonchev–Trinajstić information content (AvgIpc) is 3.38. The van der Waals surface area contributed by atoms with Crippen molar-refractivity contribution in [1.29, 1.82) is 0 Å². The molecule has 0 aliphatic carbocycles. The third-order valence-electron chi connectivity index (χ3n) is 6.89. The van der Waals surface area contributed by atoms with Crippen LogP contribution < -0.4 is 24.7 Å². The number of aliphatic carboxylic acids is 1. The maximum absolute atomic E-state index is 14.3. The van der Waals surface area contributed by atoms with Gasteiger partial charge in [-0.05, 0) is 83.8 Å². The fourth-order valence-corrected chi connectivity index (χ4v) is 6.72. The van der Waals surface area contributed by atoms with Gasteiger partial charge in [0.1, 0.15) is 5.75 Å². The number of piperidine rings is 1. The van der Waals surface area contributed by atoms with Crippen molar-refractivity contribution < 1.29 is 38.9 Å². The minimum Gasteiger partial charge on any atom is -0.480 e. The summed E-state index contributed by atoms with van der Waals surface area (Å²) in [4.78, 5) is 43.8. The lowest BCUT2D eigenvalue weighted by atomic mass is 9.91. The molecule has 12 heteroatoms. The van der Waals surface area contributed by atoms with Crippen LogP contribution in [0.4, 0.5) is 5.69 Å². The molecule has 1 aliphatic heterocycles. The molecule has 0 bridgehead atoms. The molecule has 0 spiro atoms. The van der Waals surface area contributed by atoms with Crippen LogP contribution in [0.1, 0.15) is 22.5 Å². The highest BCUT2D eigenvalue weighted by molar-refractivity contribution is 9.10. The van der Waals surface area contributed by atoms with Gasteiger partial charge in [-0.3, -0.25) is 4.79 Å². The van der Waals surface area contributed by atoms with Crippen molar-refractivity contribution >= 4 is 50.8 Å². The second kappa shape index (κ2) is 14.4. The lowest BCUT2D eigenvalue weighted by molar-refractivity contribution is -0.139. The highest BCUT2D eigenvalue weighted by Gasteiger charge is 2.37. The molecular weight excluding hydrogens is 652 g/mol. The van der Waals surface area contributed by atoms with Gasteiger partial charge in [-0.1, -0.05) is 48.5 Å². The number of carboxylic acids is 2. The molecule has 228 valence electrons. The van der Waals surface area contributed by atoms with E-state index >= 15 is 0 Å². The zero-order valence-electron chi connectivity index (χ0n) is 23.4. The number of nitrogens with one attached hydrogen (secondary N) is 1. The van der Waals surface area contributed by atoms with Gasteiger partial charge in [0.05, 0.1) is 15.0 Å². The minimum atomic E-state index is -1.24. The number of aromatic carboxylic acids is 1. The Labute approximate surface area is 265 Å². The number of carbonyl (C=O) groups is 3. The van der Waals surface area contributed by atoms with Crippen molar-refractivity contribution in [1.82, 2.24) is 5.32 Å². The highest BCUT2D eigenvalue weighted by Crippen LogP contribution is 2.46. The molecule has 5 rings (SSSR count). The standard InChI is InChI=1S/C32H29BrN2O8S/c33-26-28(41-19-25(36)37)30(32(39)40)44-29(26)21-8-7-13-24(18-21)42-27(20-14-16-34-17-15-20)31(38)35(22-9-3-1-4-10-22)43-23-11-5-2-6-12-23/h1-13,18,20,27,34H,14-17,19H2,(H,36,37)(H,39,40). The van der Waals surface area contributed by atoms with Gasteiger partial charge >= 0.3 is 17.8 Å². The molecule has 3 aromatic carbocycles. The van der Waals surface area contributed by atoms with E-state index in [9.17, 15) is 19.5 Å². The minimum absolute atomic E-state index is 0.0643. The number of hydroxylamine groups is 1. The third-order valence-corrected chi connectivity index (χ3v) is 9.12. The quantitative estimate of drug-likeness (QED) is 0.151. The summed E-state index contributed by atoms with van der Waals surface area (Å²) in [5.74, 6) is -2.12. The first-order chi connectivity index (χ1) is 21.3. The number of carbonyl (C=O) groups excluding carboxylic acids is 1. The summed E-state index contributed by atoms with van der Waals surface area (Å²) in [5, 5.41) is 23.4. The van der Waals surface area contributed by atoms with E-state index in [1.54, 1.807) is 48.5 Å². The SMILES string of the molecule is O=C(O)COc1c(C(=O)O)sc(-c2cccc(OC(C(=O)N(Oc3ccccc3)c3ccccc3)C3CCNCC3)c2)c1Br. The second-order valence-electron chi connectivity index (χ2n) is 9.92. The molecule has 2 heterocycles. The van der Waals surface area contributed by atoms with Crippen LogP contribution in [0.15, 0.2) is 89.4 Å². The van der Waals surface area contributed by atoms with E-state index in [-0.39, 0.29) is 22.5 Å². The molecule has 1 atom stereocenters. The maximum Gasteiger partial charge on any atom is 0.349 e. The number of ether oxygens (including phenoxy) is 2. The molecule has 0 radical (unpaired) electrons. The van der Waals surface area contributed by atoms with Gasteiger partial charge in [-0.15, -0.1) is 16.4 Å². The van der Waals surface area contributed by atoms with E-state index in [2.05, 4.69) is 21.2 Å². The Kier molecular flexibility index (Phi) is 10.2. The van der Waals surface area contributed by atoms with Crippen LogP contribution in [0.3, 0.4) is 0 Å². The normalized spacial score (nSPS) is 13.9. The number of hydrogen-bond acceptors (Lipinski definition) is 8. The lowest BCUT2D eigenvalue weighted by Crippen LogP contribution is -2.49. The topological polar surface area (TPSA) is 135 Å². The van der Waals surface area contributed by atoms with Crippen LogP contribution in [0.25, 0.3) is 10.4 Å². The number of amides is 1. The molecule has 1 aromatic heterocycles. The average molecular weight is 682 g/mol. The van der Waals surface area contributed by atoms with Crippen LogP contribution in [0.5, 0.6) is 17.2 Å². The number of thiophene rings is 1. The van der Waals surface area contributed by atoms with Crippen molar-refractivity contribution in [2.45, 2.75) is 18.9 Å². The lowest BCUT2D eigenvalue weighted by Gasteiger charge is -2.33. The number of anilines is 1. The number of benzene rings is 3. The maximum atomic E-state index is 14.3. The first kappa shape index (κ1) is 31.0. The van der Waals surface area contributed by atoms with Gasteiger partial charge in [0, 0.05) is 5.92 Å². The predicted octanol–water partition coefficient (Wildman–Crippen LogP) is 6.11. The summed E-state index contributed by atoms with van der Waals surface area (Å²) in [7, 11) is 0. The number of hydrogen-bond donors (Lipinski definition) is 3. The number of para-hydroxylation sites is 2. The Hall–Kier alpha value is -4.39. The summed E-state index contributed by atoms with van der Waals surface area (Å²) in [6.45, 7) is 0.783. The molecule has 44 heavy (non-hydrogen) atoms. The highest BCUT2D eigenvalue weighted by atomic mass is 79.9. The Morgan fingerprint density at radius 3 is 2.25 bits per heavy atom. The molecule has 4 aromatic rings. The third kappa shape index (κ3) is 7.39. The zero-order chi connectivity index (χ0) is 31.1. The van der Waals surface area contributed by atoms with E-state index in [1.165, 1.54) is 5.06 Å². The van der Waals surface area contributed by atoms with E-state index in [1.807, 2.05) is 36.4 Å². The summed E-state index contributed by atoms with van der Waals surface area (Å²) >= 11 is 4.34. The van der Waals surface area contributed by atoms with E-state index in [0.717, 1.165) is 24.4 Å². The Balaban J connectivity index is 1.48. The van der Waals surface area contributed by atoms with Crippen LogP contribution in [0, 0.1) is 5.92 Å². The number of carboxylic acid groups (broad SMARTS) is 2. The van der Waals surface area contributed by atoms with E-state index in [4.69, 9.17) is 19.4 Å². The fourth-order valence-electron chi connectivity index (χ4n) is 4.83. The molecule has 1 aliphatic rings. The summed E-state index contributed by atoms with van der Waals surface area (Å²) in [6.07, 6.45) is 0.534. The monoisotopic (exact) mass is 680 g/mol. The molecule has 1 amide bonds. The van der Waals surface area contributed by atoms with Gasteiger partial charge in [-0.2, -0.15) is 0 Å². The van der Waals surface area contributed by atoms with Gasteiger partial charge in [0.2, 0.25) is 0 Å². The first-order valence-electron chi connectivity index (χ1n) is 13.8. The first-order valence-corrected chi connectivity index (χ1v) is 15.4. The van der Waals surface area contributed by atoms with Crippen molar-refractivity contribution in [2.24, 2.45) is 5.92 Å². The second-order valence-corrected chi connectivity index (χ2v) is 11.7. The molecule has 0 saturated carbocycles. The van der Waals surface area contributed by atoms with Gasteiger partial charge in [-0.25, -0.2) is 9.59 Å². The smallest absolute Gasteiger partial charge is 0.349 e. The van der Waals surface area contributed by atoms with Crippen molar-refractivity contribution in [3.63, 3.8) is 0 Å². The number of nitrogens with zero attached hydrogens (tertiary/aromatic N) is 1.